The van der Waals surface area contributed by atoms with E-state index in [4.69, 9.17) is 4.74 Å². The molecule has 3 heterocycles. The fraction of sp³-hybridized carbons (Fsp3) is 0.320. The number of halogens is 1. The molecule has 4 rings (SSSR count). The minimum atomic E-state index is -4.46. The molecule has 0 radical (unpaired) electrons. The monoisotopic (exact) mass is 514 g/mol. The first-order valence-electron chi connectivity index (χ1n) is 11.3. The summed E-state index contributed by atoms with van der Waals surface area (Å²) < 4.78 is 47.7. The van der Waals surface area contributed by atoms with Gasteiger partial charge in [-0.05, 0) is 62.6 Å². The van der Waals surface area contributed by atoms with E-state index in [1.165, 1.54) is 37.6 Å². The zero-order valence-corrected chi connectivity index (χ0v) is 21.1. The molecule has 0 spiro atoms. The van der Waals surface area contributed by atoms with E-state index in [0.29, 0.717) is 6.54 Å². The molecule has 9 nitrogen and oxygen atoms in total. The predicted octanol–water partition coefficient (Wildman–Crippen LogP) is 3.33. The van der Waals surface area contributed by atoms with E-state index in [1.807, 2.05) is 23.5 Å². The van der Waals surface area contributed by atoms with Crippen LogP contribution in [0.4, 0.5) is 10.2 Å². The van der Waals surface area contributed by atoms with Crippen molar-refractivity contribution in [3.8, 4) is 17.0 Å². The van der Waals surface area contributed by atoms with Crippen molar-refractivity contribution in [2.45, 2.75) is 37.6 Å². The van der Waals surface area contributed by atoms with E-state index >= 15 is 4.39 Å². The van der Waals surface area contributed by atoms with Gasteiger partial charge in [0.1, 0.15) is 5.82 Å². The van der Waals surface area contributed by atoms with Gasteiger partial charge in [-0.3, -0.25) is 9.59 Å². The number of nitrogens with one attached hydrogen (secondary N) is 2. The maximum absolute atomic E-state index is 15.0. The highest BCUT2D eigenvalue weighted by Crippen LogP contribution is 2.40. The number of aromatic amines is 1. The summed E-state index contributed by atoms with van der Waals surface area (Å²) in [5, 5.41) is 0. The molecule has 0 saturated carbocycles. The van der Waals surface area contributed by atoms with Crippen LogP contribution in [-0.2, 0) is 10.0 Å². The topological polar surface area (TPSA) is 121 Å². The van der Waals surface area contributed by atoms with Crippen LogP contribution in [0.2, 0.25) is 0 Å². The quantitative estimate of drug-likeness (QED) is 0.518. The lowest BCUT2D eigenvalue weighted by Gasteiger charge is -2.36. The molecular formula is C25H27FN4O5S. The van der Waals surface area contributed by atoms with Crippen molar-refractivity contribution in [2.24, 2.45) is 5.92 Å². The third-order valence-electron chi connectivity index (χ3n) is 6.82. The Labute approximate surface area is 208 Å². The largest absolute Gasteiger partial charge is 0.494 e. The lowest BCUT2D eigenvalue weighted by atomic mass is 9.90. The number of aromatic nitrogens is 2. The summed E-state index contributed by atoms with van der Waals surface area (Å²) in [5.74, 6) is -1.03. The van der Waals surface area contributed by atoms with Gasteiger partial charge in [-0.2, -0.15) is 0 Å². The van der Waals surface area contributed by atoms with E-state index in [9.17, 15) is 18.0 Å². The number of pyridine rings is 2. The molecule has 1 aromatic carbocycles. The molecule has 1 fully saturated rings. The summed E-state index contributed by atoms with van der Waals surface area (Å²) in [6, 6.07) is 9.98. The van der Waals surface area contributed by atoms with Gasteiger partial charge in [0.2, 0.25) is 0 Å². The Morgan fingerprint density at radius 3 is 2.61 bits per heavy atom. The van der Waals surface area contributed by atoms with Gasteiger partial charge in [-0.25, -0.2) is 22.5 Å². The second-order valence-electron chi connectivity index (χ2n) is 9.18. The van der Waals surface area contributed by atoms with Crippen LogP contribution in [-0.4, -0.2) is 43.5 Å². The van der Waals surface area contributed by atoms with Gasteiger partial charge >= 0.3 is 0 Å². The number of nitrogens with zero attached hydrogens (tertiary/aromatic N) is 2. The number of anilines is 1. The molecule has 2 N–H and O–H groups in total. The van der Waals surface area contributed by atoms with Crippen molar-refractivity contribution >= 4 is 21.7 Å². The zero-order chi connectivity index (χ0) is 26.3. The van der Waals surface area contributed by atoms with Crippen molar-refractivity contribution < 1.29 is 22.3 Å². The predicted molar refractivity (Wildman–Crippen MR) is 133 cm³/mol. The summed E-state index contributed by atoms with van der Waals surface area (Å²) in [7, 11) is -3.10. The second kappa shape index (κ2) is 9.38. The van der Waals surface area contributed by atoms with Crippen molar-refractivity contribution in [2.75, 3.05) is 18.6 Å². The Morgan fingerprint density at radius 1 is 1.22 bits per heavy atom. The molecule has 1 atom stereocenters. The summed E-state index contributed by atoms with van der Waals surface area (Å²) in [4.78, 5) is 33.5. The molecular weight excluding hydrogens is 487 g/mol. The Hall–Kier alpha value is -3.73. The molecule has 11 heteroatoms. The van der Waals surface area contributed by atoms with Crippen molar-refractivity contribution in [3.63, 3.8) is 0 Å². The SMILES string of the molecule is COc1cccc(-c2ccc(C(=O)NS(=O)(=O)c3ccc[nH]c3=O)c(N3CCC(C)C3(C)C)n2)c1F. The third-order valence-corrected chi connectivity index (χ3v) is 8.18. The summed E-state index contributed by atoms with van der Waals surface area (Å²) in [5.41, 5.74) is -0.843. The number of methoxy groups -OCH3 is 1. The zero-order valence-electron chi connectivity index (χ0n) is 20.3. The van der Waals surface area contributed by atoms with E-state index in [0.717, 1.165) is 12.5 Å². The molecule has 0 aliphatic carbocycles. The summed E-state index contributed by atoms with van der Waals surface area (Å²) in [6.07, 6.45) is 2.11. The molecule has 1 unspecified atom stereocenters. The average molecular weight is 515 g/mol. The number of ether oxygens (including phenoxy) is 1. The number of benzene rings is 1. The number of carbonyl (C=O) groups excluding carboxylic acids is 1. The van der Waals surface area contributed by atoms with Crippen molar-refractivity contribution in [1.82, 2.24) is 14.7 Å². The van der Waals surface area contributed by atoms with Gasteiger partial charge in [0.25, 0.3) is 21.5 Å². The maximum Gasteiger partial charge on any atom is 0.269 e. The molecule has 3 aromatic rings. The van der Waals surface area contributed by atoms with Crippen LogP contribution in [0.15, 0.2) is 58.4 Å². The van der Waals surface area contributed by atoms with Gasteiger partial charge in [-0.1, -0.05) is 13.0 Å². The minimum absolute atomic E-state index is 0.0137. The number of hydrogen-bond donors (Lipinski definition) is 2. The first-order chi connectivity index (χ1) is 17.0. The summed E-state index contributed by atoms with van der Waals surface area (Å²) in [6.45, 7) is 6.66. The number of hydrogen-bond acceptors (Lipinski definition) is 7. The number of amides is 1. The Balaban J connectivity index is 1.82. The number of sulfonamides is 1. The standard InChI is InChI=1S/C25H27FN4O5S/c1-15-12-14-30(25(15,2)3)22-17(23(31)29-36(33,34)20-9-6-13-27-24(20)32)10-11-18(28-22)16-7-5-8-19(35-4)21(16)26/h5-11,13,15H,12,14H2,1-4H3,(H,27,32)(H,29,31). The molecule has 2 aromatic heterocycles. The Bertz CT molecular complexity index is 1490. The Morgan fingerprint density at radius 2 is 1.97 bits per heavy atom. The van der Waals surface area contributed by atoms with Crippen LogP contribution in [0.3, 0.4) is 0 Å². The van der Waals surface area contributed by atoms with Crippen LogP contribution in [0.1, 0.15) is 37.6 Å². The maximum atomic E-state index is 15.0. The smallest absolute Gasteiger partial charge is 0.269 e. The normalized spacial score (nSPS) is 17.1. The number of H-pyrrole nitrogens is 1. The number of carbonyl (C=O) groups is 1. The molecule has 36 heavy (non-hydrogen) atoms. The van der Waals surface area contributed by atoms with E-state index < -0.39 is 37.7 Å². The van der Waals surface area contributed by atoms with Gasteiger partial charge in [-0.15, -0.1) is 0 Å². The lowest BCUT2D eigenvalue weighted by molar-refractivity contribution is 0.0981. The first kappa shape index (κ1) is 25.4. The highest BCUT2D eigenvalue weighted by Gasteiger charge is 2.41. The molecule has 1 aliphatic heterocycles. The average Bonchev–Trinajstić information content (AvgIpc) is 3.10. The van der Waals surface area contributed by atoms with E-state index in [1.54, 1.807) is 12.1 Å². The van der Waals surface area contributed by atoms with E-state index in [2.05, 4.69) is 16.9 Å². The van der Waals surface area contributed by atoms with Crippen LogP contribution in [0.25, 0.3) is 11.3 Å². The molecule has 1 aliphatic rings. The van der Waals surface area contributed by atoms with Crippen molar-refractivity contribution in [3.05, 3.63) is 70.4 Å². The molecule has 1 amide bonds. The van der Waals surface area contributed by atoms with Gasteiger partial charge in [0.15, 0.2) is 16.5 Å². The Kier molecular flexibility index (Phi) is 6.61. The van der Waals surface area contributed by atoms with Gasteiger partial charge < -0.3 is 14.6 Å². The van der Waals surface area contributed by atoms with E-state index in [-0.39, 0.29) is 34.3 Å². The minimum Gasteiger partial charge on any atom is -0.494 e. The van der Waals surface area contributed by atoms with Gasteiger partial charge in [0.05, 0.1) is 18.4 Å². The first-order valence-corrected chi connectivity index (χ1v) is 12.8. The fourth-order valence-electron chi connectivity index (χ4n) is 4.31. The molecule has 1 saturated heterocycles. The third kappa shape index (κ3) is 4.46. The molecule has 0 bridgehead atoms. The summed E-state index contributed by atoms with van der Waals surface area (Å²) >= 11 is 0. The number of rotatable bonds is 6. The highest BCUT2D eigenvalue weighted by atomic mass is 32.2. The highest BCUT2D eigenvalue weighted by molar-refractivity contribution is 7.90. The van der Waals surface area contributed by atoms with Crippen molar-refractivity contribution in [1.29, 1.82) is 0 Å². The second-order valence-corrected chi connectivity index (χ2v) is 10.8. The lowest BCUT2D eigenvalue weighted by Crippen LogP contribution is -2.44. The van der Waals surface area contributed by atoms with Gasteiger partial charge in [0, 0.05) is 23.8 Å². The van der Waals surface area contributed by atoms with Crippen LogP contribution >= 0.6 is 0 Å². The fourth-order valence-corrected chi connectivity index (χ4v) is 5.33. The van der Waals surface area contributed by atoms with Crippen LogP contribution < -0.4 is 19.9 Å². The van der Waals surface area contributed by atoms with Crippen LogP contribution in [0.5, 0.6) is 5.75 Å². The van der Waals surface area contributed by atoms with Crippen LogP contribution in [0, 0.1) is 11.7 Å². The molecule has 190 valence electrons.